The number of hydrogen-bond donors (Lipinski definition) is 0. The van der Waals surface area contributed by atoms with E-state index in [0.29, 0.717) is 25.7 Å². The first-order valence-electron chi connectivity index (χ1n) is 6.29. The van der Waals surface area contributed by atoms with Gasteiger partial charge in [0.2, 0.25) is 0 Å². The summed E-state index contributed by atoms with van der Waals surface area (Å²) in [6.45, 7) is 2.09. The lowest BCUT2D eigenvalue weighted by Gasteiger charge is -2.16. The maximum absolute atomic E-state index is 11.9. The highest BCUT2D eigenvalue weighted by Crippen LogP contribution is 2.18. The lowest BCUT2D eigenvalue weighted by atomic mass is 10.1. The monoisotopic (exact) mass is 282 g/mol. The summed E-state index contributed by atoms with van der Waals surface area (Å²) in [5, 5.41) is -0.312. The second kappa shape index (κ2) is 9.89. The second-order valence-corrected chi connectivity index (χ2v) is 7.05. The minimum absolute atomic E-state index is 0.0481. The number of aldehydes is 1. The van der Waals surface area contributed by atoms with Gasteiger partial charge in [-0.3, -0.25) is 0 Å². The SMILES string of the molecule is CCCCCC(CCCC=O)S(=O)(=O)CCCl. The summed E-state index contributed by atoms with van der Waals surface area (Å²) in [6, 6.07) is 0. The van der Waals surface area contributed by atoms with Crippen LogP contribution in [0.5, 0.6) is 0 Å². The van der Waals surface area contributed by atoms with E-state index in [-0.39, 0.29) is 16.9 Å². The molecule has 102 valence electrons. The first-order valence-corrected chi connectivity index (χ1v) is 8.54. The maximum Gasteiger partial charge on any atom is 0.154 e. The van der Waals surface area contributed by atoms with Crippen molar-refractivity contribution in [2.75, 3.05) is 11.6 Å². The number of sulfone groups is 1. The summed E-state index contributed by atoms with van der Waals surface area (Å²) in [5.74, 6) is 0.201. The van der Waals surface area contributed by atoms with Crippen LogP contribution in [0.2, 0.25) is 0 Å². The zero-order valence-corrected chi connectivity index (χ0v) is 12.1. The normalized spacial score (nSPS) is 13.5. The number of carbonyl (C=O) groups excluding carboxylic acids is 1. The maximum atomic E-state index is 11.9. The molecule has 1 atom stereocenters. The van der Waals surface area contributed by atoms with E-state index in [4.69, 9.17) is 11.6 Å². The molecular weight excluding hydrogens is 260 g/mol. The van der Waals surface area contributed by atoms with Crippen molar-refractivity contribution < 1.29 is 13.2 Å². The standard InChI is InChI=1S/C12H23ClO3S/c1-2-3-4-7-12(8-5-6-10-14)17(15,16)11-9-13/h10,12H,2-9,11H2,1H3. The van der Waals surface area contributed by atoms with Gasteiger partial charge in [0.1, 0.15) is 6.29 Å². The van der Waals surface area contributed by atoms with Crippen LogP contribution in [0.3, 0.4) is 0 Å². The third kappa shape index (κ3) is 7.77. The van der Waals surface area contributed by atoms with Gasteiger partial charge >= 0.3 is 0 Å². The van der Waals surface area contributed by atoms with E-state index in [1.54, 1.807) is 0 Å². The first kappa shape index (κ1) is 16.9. The van der Waals surface area contributed by atoms with Gasteiger partial charge in [0.25, 0.3) is 0 Å². The Hall–Kier alpha value is -0.0900. The fourth-order valence-electron chi connectivity index (χ4n) is 1.83. The topological polar surface area (TPSA) is 51.2 Å². The Morgan fingerprint density at radius 3 is 2.35 bits per heavy atom. The highest BCUT2D eigenvalue weighted by atomic mass is 35.5. The molecule has 0 fully saturated rings. The molecule has 0 bridgehead atoms. The van der Waals surface area contributed by atoms with E-state index in [9.17, 15) is 13.2 Å². The van der Waals surface area contributed by atoms with Crippen molar-refractivity contribution in [2.24, 2.45) is 0 Å². The van der Waals surface area contributed by atoms with Gasteiger partial charge in [-0.05, 0) is 19.3 Å². The summed E-state index contributed by atoms with van der Waals surface area (Å²) in [4.78, 5) is 10.3. The van der Waals surface area contributed by atoms with Gasteiger partial charge in [0.15, 0.2) is 9.84 Å². The van der Waals surface area contributed by atoms with Crippen molar-refractivity contribution in [2.45, 2.75) is 57.1 Å². The molecule has 3 nitrogen and oxygen atoms in total. The van der Waals surface area contributed by atoms with Gasteiger partial charge in [0, 0.05) is 12.3 Å². The van der Waals surface area contributed by atoms with E-state index < -0.39 is 9.84 Å². The molecule has 5 heteroatoms. The molecule has 17 heavy (non-hydrogen) atoms. The fourth-order valence-corrected chi connectivity index (χ4v) is 4.07. The van der Waals surface area contributed by atoms with Gasteiger partial charge in [-0.1, -0.05) is 26.2 Å². The molecule has 0 spiro atoms. The van der Waals surface area contributed by atoms with Crippen molar-refractivity contribution in [3.05, 3.63) is 0 Å². The second-order valence-electron chi connectivity index (χ2n) is 4.27. The van der Waals surface area contributed by atoms with Gasteiger partial charge in [-0.15, -0.1) is 11.6 Å². The zero-order valence-electron chi connectivity index (χ0n) is 10.5. The largest absolute Gasteiger partial charge is 0.303 e. The predicted molar refractivity (Wildman–Crippen MR) is 72.4 cm³/mol. The average molecular weight is 283 g/mol. The Morgan fingerprint density at radius 1 is 1.18 bits per heavy atom. The van der Waals surface area contributed by atoms with Crippen LogP contribution >= 0.6 is 11.6 Å². The summed E-state index contributed by atoms with van der Waals surface area (Å²) in [6.07, 6.45) is 6.30. The highest BCUT2D eigenvalue weighted by Gasteiger charge is 2.23. The van der Waals surface area contributed by atoms with Gasteiger partial charge in [0.05, 0.1) is 11.0 Å². The number of rotatable bonds is 11. The molecule has 1 unspecified atom stereocenters. The summed E-state index contributed by atoms with van der Waals surface area (Å²) >= 11 is 5.52. The van der Waals surface area contributed by atoms with E-state index >= 15 is 0 Å². The van der Waals surface area contributed by atoms with E-state index in [1.165, 1.54) is 0 Å². The molecule has 0 aliphatic heterocycles. The van der Waals surface area contributed by atoms with Crippen LogP contribution in [0.4, 0.5) is 0 Å². The van der Waals surface area contributed by atoms with Gasteiger partial charge in [-0.25, -0.2) is 8.42 Å². The Balaban J connectivity index is 4.32. The minimum Gasteiger partial charge on any atom is -0.303 e. The Kier molecular flexibility index (Phi) is 9.84. The molecule has 0 N–H and O–H groups in total. The highest BCUT2D eigenvalue weighted by molar-refractivity contribution is 7.92. The van der Waals surface area contributed by atoms with Crippen molar-refractivity contribution >= 4 is 27.7 Å². The van der Waals surface area contributed by atoms with Crippen molar-refractivity contribution in [3.63, 3.8) is 0 Å². The first-order chi connectivity index (χ1) is 8.08. The molecular formula is C12H23ClO3S. The van der Waals surface area contributed by atoms with Crippen molar-refractivity contribution in [3.8, 4) is 0 Å². The summed E-state index contributed by atoms with van der Waals surface area (Å²) in [7, 11) is -3.08. The molecule has 0 aliphatic rings. The lowest BCUT2D eigenvalue weighted by Crippen LogP contribution is -2.25. The predicted octanol–water partition coefficient (Wildman–Crippen LogP) is 2.96. The third-order valence-corrected chi connectivity index (χ3v) is 5.52. The molecule has 0 aromatic carbocycles. The van der Waals surface area contributed by atoms with Crippen molar-refractivity contribution in [1.29, 1.82) is 0 Å². The average Bonchev–Trinajstić information content (AvgIpc) is 2.27. The summed E-state index contributed by atoms with van der Waals surface area (Å²) in [5.41, 5.74) is 0. The number of halogens is 1. The Morgan fingerprint density at radius 2 is 1.82 bits per heavy atom. The van der Waals surface area contributed by atoms with Crippen LogP contribution in [0, 0.1) is 0 Å². The molecule has 0 heterocycles. The van der Waals surface area contributed by atoms with Crippen LogP contribution in [0.25, 0.3) is 0 Å². The molecule has 0 aliphatic carbocycles. The van der Waals surface area contributed by atoms with Crippen LogP contribution in [-0.2, 0) is 14.6 Å². The molecule has 0 aromatic rings. The molecule has 0 saturated carbocycles. The third-order valence-electron chi connectivity index (χ3n) is 2.85. The Labute approximate surface area is 110 Å². The van der Waals surface area contributed by atoms with E-state index in [1.807, 2.05) is 0 Å². The van der Waals surface area contributed by atoms with Crippen molar-refractivity contribution in [1.82, 2.24) is 0 Å². The number of hydrogen-bond acceptors (Lipinski definition) is 3. The van der Waals surface area contributed by atoms with E-state index in [2.05, 4.69) is 6.92 Å². The van der Waals surface area contributed by atoms with Gasteiger partial charge in [-0.2, -0.15) is 0 Å². The van der Waals surface area contributed by atoms with Crippen LogP contribution in [-0.4, -0.2) is 31.6 Å². The minimum atomic E-state index is -3.08. The van der Waals surface area contributed by atoms with Crippen LogP contribution in [0.15, 0.2) is 0 Å². The lowest BCUT2D eigenvalue weighted by molar-refractivity contribution is -0.107. The number of carbonyl (C=O) groups is 1. The molecule has 0 radical (unpaired) electrons. The fraction of sp³-hybridized carbons (Fsp3) is 0.917. The van der Waals surface area contributed by atoms with Crippen LogP contribution < -0.4 is 0 Å². The zero-order chi connectivity index (χ0) is 13.1. The smallest absolute Gasteiger partial charge is 0.154 e. The number of unbranched alkanes of at least 4 members (excludes halogenated alkanes) is 3. The Bertz CT molecular complexity index is 288. The number of alkyl halides is 1. The van der Waals surface area contributed by atoms with Gasteiger partial charge < -0.3 is 4.79 Å². The van der Waals surface area contributed by atoms with Crippen LogP contribution in [0.1, 0.15) is 51.9 Å². The summed E-state index contributed by atoms with van der Waals surface area (Å²) < 4.78 is 23.9. The molecule has 0 amide bonds. The molecule has 0 saturated heterocycles. The molecule has 0 aromatic heterocycles. The molecule has 0 rings (SSSR count). The quantitative estimate of drug-likeness (QED) is 0.333. The van der Waals surface area contributed by atoms with E-state index in [0.717, 1.165) is 25.5 Å².